The van der Waals surface area contributed by atoms with Crippen molar-refractivity contribution in [1.29, 1.82) is 0 Å². The topological polar surface area (TPSA) is 74.2 Å². The number of hydrogen-bond donors (Lipinski definition) is 1. The average Bonchev–Trinajstić information content (AvgIpc) is 2.40. The number of esters is 1. The number of aliphatic hydroxyl groups is 1. The molecule has 0 spiro atoms. The molecular formula is C17H38O6Si3. The highest BCUT2D eigenvalue weighted by molar-refractivity contribution is 6.87. The van der Waals surface area contributed by atoms with Crippen LogP contribution in [0.25, 0.3) is 0 Å². The monoisotopic (exact) mass is 422 g/mol. The summed E-state index contributed by atoms with van der Waals surface area (Å²) < 4.78 is 24.2. The lowest BCUT2D eigenvalue weighted by Crippen LogP contribution is -2.54. The fraction of sp³-hybridized carbons (Fsp3) is 0.824. The van der Waals surface area contributed by atoms with Crippen molar-refractivity contribution in [2.45, 2.75) is 71.3 Å². The molecule has 1 unspecified atom stereocenters. The lowest BCUT2D eigenvalue weighted by atomic mass is 10.4. The Kier molecular flexibility index (Phi) is 11.4. The van der Waals surface area contributed by atoms with Gasteiger partial charge in [0.25, 0.3) is 0 Å². The van der Waals surface area contributed by atoms with Gasteiger partial charge in [0.05, 0.1) is 6.10 Å². The Hall–Kier alpha value is -0.299. The van der Waals surface area contributed by atoms with Crippen LogP contribution in [0.5, 0.6) is 0 Å². The Labute approximate surface area is 162 Å². The number of aliphatic hydroxyl groups excluding tert-OH is 1. The van der Waals surface area contributed by atoms with Crippen LogP contribution < -0.4 is 0 Å². The molecule has 0 saturated carbocycles. The summed E-state index contributed by atoms with van der Waals surface area (Å²) >= 11 is 0. The second-order valence-electron chi connectivity index (χ2n) is 8.47. The van der Waals surface area contributed by atoms with Crippen LogP contribution in [0.3, 0.4) is 0 Å². The van der Waals surface area contributed by atoms with Crippen LogP contribution in [0.1, 0.15) is 13.3 Å². The second kappa shape index (κ2) is 11.5. The highest BCUT2D eigenvalue weighted by atomic mass is 28.5. The van der Waals surface area contributed by atoms with Gasteiger partial charge in [0, 0.05) is 25.3 Å². The summed E-state index contributed by atoms with van der Waals surface area (Å²) in [5.41, 5.74) is 0. The number of rotatable bonds is 13. The smallest absolute Gasteiger partial charge is 0.330 e. The third-order valence-corrected chi connectivity index (χ3v) is 12.6. The number of allylic oxidation sites excluding steroid dienone is 1. The summed E-state index contributed by atoms with van der Waals surface area (Å²) in [7, 11) is -6.13. The van der Waals surface area contributed by atoms with Gasteiger partial charge in [-0.25, -0.2) is 4.79 Å². The summed E-state index contributed by atoms with van der Waals surface area (Å²) in [5, 5.41) is 9.00. The van der Waals surface area contributed by atoms with Crippen molar-refractivity contribution in [1.82, 2.24) is 0 Å². The van der Waals surface area contributed by atoms with Crippen molar-refractivity contribution in [3.63, 3.8) is 0 Å². The molecule has 26 heavy (non-hydrogen) atoms. The quantitative estimate of drug-likeness (QED) is 0.211. The van der Waals surface area contributed by atoms with E-state index in [-0.39, 0.29) is 25.3 Å². The Bertz CT molecular complexity index is 427. The molecule has 1 atom stereocenters. The van der Waals surface area contributed by atoms with E-state index in [1.165, 1.54) is 6.08 Å². The van der Waals surface area contributed by atoms with Gasteiger partial charge in [0.2, 0.25) is 0 Å². The molecular weight excluding hydrogens is 384 g/mol. The Balaban J connectivity index is 5.20. The van der Waals surface area contributed by atoms with Gasteiger partial charge < -0.3 is 22.8 Å². The zero-order valence-electron chi connectivity index (χ0n) is 17.8. The van der Waals surface area contributed by atoms with E-state index in [0.29, 0.717) is 19.1 Å². The Morgan fingerprint density at radius 3 is 2.00 bits per heavy atom. The predicted octanol–water partition coefficient (Wildman–Crippen LogP) is 3.65. The molecule has 0 aliphatic carbocycles. The van der Waals surface area contributed by atoms with Crippen LogP contribution in [-0.4, -0.2) is 62.2 Å². The summed E-state index contributed by atoms with van der Waals surface area (Å²) in [6, 6.07) is 0.593. The van der Waals surface area contributed by atoms with E-state index in [2.05, 4.69) is 45.8 Å². The van der Waals surface area contributed by atoms with E-state index >= 15 is 0 Å². The van der Waals surface area contributed by atoms with E-state index in [1.54, 1.807) is 13.0 Å². The molecule has 1 N–H and O–H groups in total. The predicted molar refractivity (Wildman–Crippen MR) is 113 cm³/mol. The lowest BCUT2D eigenvalue weighted by Gasteiger charge is -2.40. The minimum absolute atomic E-state index is 0.0661. The maximum Gasteiger partial charge on any atom is 0.330 e. The van der Waals surface area contributed by atoms with Crippen LogP contribution in [0.15, 0.2) is 12.2 Å². The third kappa shape index (κ3) is 13.8. The zero-order chi connectivity index (χ0) is 20.4. The molecule has 0 fully saturated rings. The Morgan fingerprint density at radius 2 is 1.58 bits per heavy atom. The molecule has 0 amide bonds. The molecule has 0 aliphatic rings. The van der Waals surface area contributed by atoms with Gasteiger partial charge in [0.15, 0.2) is 16.6 Å². The number of carbonyl (C=O) groups excluding carboxylic acids is 1. The van der Waals surface area contributed by atoms with Crippen molar-refractivity contribution in [2.24, 2.45) is 0 Å². The minimum atomic E-state index is -2.51. The average molecular weight is 423 g/mol. The van der Waals surface area contributed by atoms with Crippen LogP contribution >= 0.6 is 0 Å². The SMILES string of the molecule is CC=CC(=O)OCC(C[Si](C)(O[Si](C)(C)C)O[Si](C)(C)C)OCCCO. The molecule has 0 radical (unpaired) electrons. The molecule has 0 aliphatic heterocycles. The fourth-order valence-electron chi connectivity index (χ4n) is 2.65. The molecule has 0 bridgehead atoms. The highest BCUT2D eigenvalue weighted by Crippen LogP contribution is 2.26. The minimum Gasteiger partial charge on any atom is -0.460 e. The van der Waals surface area contributed by atoms with E-state index in [4.69, 9.17) is 22.8 Å². The first-order chi connectivity index (χ1) is 11.8. The summed E-state index contributed by atoms with van der Waals surface area (Å²) in [6.07, 6.45) is 3.27. The van der Waals surface area contributed by atoms with Crippen LogP contribution in [0, 0.1) is 0 Å². The van der Waals surface area contributed by atoms with E-state index in [9.17, 15) is 4.79 Å². The van der Waals surface area contributed by atoms with Gasteiger partial charge in [-0.05, 0) is 59.2 Å². The molecule has 0 aromatic carbocycles. The van der Waals surface area contributed by atoms with E-state index < -0.39 is 25.2 Å². The fourth-order valence-corrected chi connectivity index (χ4v) is 15.3. The van der Waals surface area contributed by atoms with Gasteiger partial charge in [-0.3, -0.25) is 0 Å². The third-order valence-electron chi connectivity index (χ3n) is 3.01. The number of ether oxygens (including phenoxy) is 2. The summed E-state index contributed by atoms with van der Waals surface area (Å²) in [6.45, 7) is 17.4. The van der Waals surface area contributed by atoms with Crippen molar-refractivity contribution in [3.8, 4) is 0 Å². The first-order valence-electron chi connectivity index (χ1n) is 9.22. The normalized spacial score (nSPS) is 14.7. The van der Waals surface area contributed by atoms with E-state index in [0.717, 1.165) is 0 Å². The molecule has 0 aromatic rings. The molecule has 154 valence electrons. The number of carbonyl (C=O) groups is 1. The molecule has 6 nitrogen and oxygen atoms in total. The largest absolute Gasteiger partial charge is 0.460 e. The van der Waals surface area contributed by atoms with Crippen LogP contribution in [0.4, 0.5) is 0 Å². The van der Waals surface area contributed by atoms with Crippen LogP contribution in [-0.2, 0) is 22.5 Å². The van der Waals surface area contributed by atoms with Crippen molar-refractivity contribution < 1.29 is 27.6 Å². The first kappa shape index (κ1) is 25.7. The zero-order valence-corrected chi connectivity index (χ0v) is 20.8. The van der Waals surface area contributed by atoms with Gasteiger partial charge in [0.1, 0.15) is 6.61 Å². The van der Waals surface area contributed by atoms with Gasteiger partial charge in [-0.15, -0.1) is 0 Å². The van der Waals surface area contributed by atoms with Crippen LogP contribution in [0.2, 0.25) is 51.9 Å². The van der Waals surface area contributed by atoms with Gasteiger partial charge in [-0.2, -0.15) is 0 Å². The maximum atomic E-state index is 11.7. The summed E-state index contributed by atoms with van der Waals surface area (Å²) in [5.74, 6) is -0.385. The molecule has 0 aromatic heterocycles. The Morgan fingerprint density at radius 1 is 1.04 bits per heavy atom. The standard InChI is InChI=1S/C17H38O6Si3/c1-9-11-17(19)21-14-16(20-13-10-12-18)15-26(8,22-24(2,3)4)23-25(5,6)7/h9,11,16,18H,10,12-15H2,1-8H3. The molecule has 0 heterocycles. The van der Waals surface area contributed by atoms with E-state index in [1.807, 2.05) is 0 Å². The van der Waals surface area contributed by atoms with Crippen molar-refractivity contribution >= 4 is 31.2 Å². The molecule has 0 rings (SSSR count). The number of hydrogen-bond acceptors (Lipinski definition) is 6. The first-order valence-corrected chi connectivity index (χ1v) is 18.6. The highest BCUT2D eigenvalue weighted by Gasteiger charge is 2.42. The molecule has 0 saturated heterocycles. The second-order valence-corrected chi connectivity index (χ2v) is 21.2. The molecule has 9 heteroatoms. The summed E-state index contributed by atoms with van der Waals surface area (Å²) in [4.78, 5) is 11.7. The van der Waals surface area contributed by atoms with Gasteiger partial charge >= 0.3 is 14.5 Å². The maximum absolute atomic E-state index is 11.7. The lowest BCUT2D eigenvalue weighted by molar-refractivity contribution is -0.141. The van der Waals surface area contributed by atoms with Gasteiger partial charge in [-0.1, -0.05) is 6.08 Å². The van der Waals surface area contributed by atoms with Crippen molar-refractivity contribution in [3.05, 3.63) is 12.2 Å². The van der Waals surface area contributed by atoms with Crippen molar-refractivity contribution in [2.75, 3.05) is 19.8 Å².